The minimum absolute atomic E-state index is 0.0797. The van der Waals surface area contributed by atoms with Crippen molar-refractivity contribution in [1.29, 1.82) is 0 Å². The van der Waals surface area contributed by atoms with Gasteiger partial charge in [0.05, 0.1) is 22.1 Å². The van der Waals surface area contributed by atoms with Gasteiger partial charge in [0.15, 0.2) is 5.82 Å². The zero-order valence-corrected chi connectivity index (χ0v) is 41.5. The third-order valence-corrected chi connectivity index (χ3v) is 13.8. The van der Waals surface area contributed by atoms with Gasteiger partial charge in [0.2, 0.25) is 11.9 Å². The average molecular weight is 934 g/mol. The Morgan fingerprint density at radius 2 is 0.611 bits per heavy atom. The number of rotatable bonds is 9. The summed E-state index contributed by atoms with van der Waals surface area (Å²) in [5.74, 6) is 1.66. The van der Waals surface area contributed by atoms with Crippen molar-refractivity contribution >= 4 is 77.7 Å². The molecule has 7 nitrogen and oxygen atoms in total. The summed E-state index contributed by atoms with van der Waals surface area (Å²) >= 11 is 0. The van der Waals surface area contributed by atoms with Crippen molar-refractivity contribution in [3.63, 3.8) is 0 Å². The van der Waals surface area contributed by atoms with Crippen LogP contribution in [0.1, 0.15) is 52.7 Å². The molecule has 0 atom stereocenters. The fourth-order valence-electron chi connectivity index (χ4n) is 10.1. The largest absolute Gasteiger partial charge is 0.310 e. The fraction of sp³-hybridized carbons (Fsp3) is 0.123. The van der Waals surface area contributed by atoms with Gasteiger partial charge in [-0.3, -0.25) is 9.13 Å². The van der Waals surface area contributed by atoms with E-state index in [2.05, 4.69) is 267 Å². The van der Waals surface area contributed by atoms with Gasteiger partial charge in [0.25, 0.3) is 0 Å². The predicted molar refractivity (Wildman–Crippen MR) is 301 cm³/mol. The van der Waals surface area contributed by atoms with Gasteiger partial charge >= 0.3 is 0 Å². The highest BCUT2D eigenvalue weighted by Gasteiger charge is 2.26. The summed E-state index contributed by atoms with van der Waals surface area (Å²) in [6, 6.07) is 79.9. The third-order valence-electron chi connectivity index (χ3n) is 13.8. The molecule has 0 fully saturated rings. The maximum atomic E-state index is 5.58. The molecule has 0 spiro atoms. The first-order valence-electron chi connectivity index (χ1n) is 24.8. The maximum Gasteiger partial charge on any atom is 0.240 e. The number of hydrogen-bond donors (Lipinski definition) is 0. The number of anilines is 6. The summed E-state index contributed by atoms with van der Waals surface area (Å²) in [5, 5.41) is 4.47. The Hall–Kier alpha value is -8.81. The Labute approximate surface area is 420 Å². The van der Waals surface area contributed by atoms with Gasteiger partial charge in [0.1, 0.15) is 0 Å². The predicted octanol–water partition coefficient (Wildman–Crippen LogP) is 17.3. The molecule has 0 aliphatic carbocycles. The van der Waals surface area contributed by atoms with Crippen LogP contribution in [0.2, 0.25) is 0 Å². The van der Waals surface area contributed by atoms with Crippen LogP contribution in [0.5, 0.6) is 0 Å². The molecule has 350 valence electrons. The lowest BCUT2D eigenvalue weighted by Gasteiger charge is -2.25. The van der Waals surface area contributed by atoms with Crippen molar-refractivity contribution in [2.45, 2.75) is 52.4 Å². The highest BCUT2D eigenvalue weighted by Crippen LogP contribution is 2.43. The monoisotopic (exact) mass is 933 g/mol. The van der Waals surface area contributed by atoms with Gasteiger partial charge in [-0.2, -0.15) is 15.0 Å². The first kappa shape index (κ1) is 44.4. The molecule has 0 bridgehead atoms. The summed E-state index contributed by atoms with van der Waals surface area (Å²) in [4.78, 5) is 21.0. The summed E-state index contributed by atoms with van der Waals surface area (Å²) in [7, 11) is 0. The Morgan fingerprint density at radius 1 is 0.306 bits per heavy atom. The highest BCUT2D eigenvalue weighted by atomic mass is 15.3. The molecule has 0 radical (unpaired) electrons. The molecule has 12 rings (SSSR count). The lowest BCUT2D eigenvalue weighted by Crippen LogP contribution is -2.12. The first-order valence-corrected chi connectivity index (χ1v) is 24.8. The van der Waals surface area contributed by atoms with E-state index in [1.807, 2.05) is 18.2 Å². The molecule has 9 aromatic carbocycles. The summed E-state index contributed by atoms with van der Waals surface area (Å²) in [6.07, 6.45) is 0. The SMILES string of the molecule is CC(C)(C)c1ccc2c(c1)c1cc(N(c3ccccc3)c3ccccc3)ccc1n2-c1nc(-c2ccccc2)nc(-n2c3ccc(N(c4ccccc4)c4ccccc4)cc3c3cc(C(C)(C)C)ccc32)n1. The molecule has 7 heteroatoms. The Kier molecular flexibility index (Phi) is 10.8. The third kappa shape index (κ3) is 7.93. The van der Waals surface area contributed by atoms with Gasteiger partial charge in [-0.1, -0.05) is 157 Å². The molecule has 3 heterocycles. The topological polar surface area (TPSA) is 55.0 Å². The van der Waals surface area contributed by atoms with E-state index in [0.29, 0.717) is 17.7 Å². The van der Waals surface area contributed by atoms with Crippen molar-refractivity contribution in [2.75, 3.05) is 9.80 Å². The van der Waals surface area contributed by atoms with Crippen LogP contribution in [0.4, 0.5) is 34.1 Å². The zero-order valence-electron chi connectivity index (χ0n) is 41.5. The van der Waals surface area contributed by atoms with Gasteiger partial charge in [-0.25, -0.2) is 0 Å². The Morgan fingerprint density at radius 3 is 0.944 bits per heavy atom. The van der Waals surface area contributed by atoms with Crippen LogP contribution >= 0.6 is 0 Å². The van der Waals surface area contributed by atoms with Gasteiger partial charge < -0.3 is 9.80 Å². The molecular formula is C65H55N7. The van der Waals surface area contributed by atoms with Crippen molar-refractivity contribution in [2.24, 2.45) is 0 Å². The van der Waals surface area contributed by atoms with E-state index in [0.717, 1.165) is 83.3 Å². The number of aromatic nitrogens is 5. The molecule has 0 amide bonds. The maximum absolute atomic E-state index is 5.58. The molecular weight excluding hydrogens is 879 g/mol. The first-order chi connectivity index (χ1) is 35.0. The van der Waals surface area contributed by atoms with Crippen LogP contribution in [0, 0.1) is 0 Å². The van der Waals surface area contributed by atoms with E-state index in [4.69, 9.17) is 15.0 Å². The smallest absolute Gasteiger partial charge is 0.240 e. The van der Waals surface area contributed by atoms with E-state index in [1.165, 1.54) is 11.1 Å². The standard InChI is InChI=1S/C65H55N7/c1-64(2,3)45-32-36-57-53(40-45)55-42-51(69(47-24-14-8-15-25-47)48-26-16-9-17-27-48)34-38-59(55)71(57)62-66-61(44-22-12-7-13-23-44)67-63(68-62)72-58-37-33-46(65(4,5)6)41-54(58)56-43-52(35-39-60(56)72)70(49-28-18-10-19-29-49)50-30-20-11-21-31-50/h7-43H,1-6H3. The molecule has 0 aliphatic rings. The molecule has 0 N–H and O–H groups in total. The summed E-state index contributed by atoms with van der Waals surface area (Å²) in [5.41, 5.74) is 13.7. The normalized spacial score (nSPS) is 12.0. The summed E-state index contributed by atoms with van der Waals surface area (Å²) < 4.78 is 4.46. The number of hydrogen-bond acceptors (Lipinski definition) is 5. The number of benzene rings is 9. The van der Waals surface area contributed by atoms with Crippen molar-refractivity contribution in [3.05, 3.63) is 236 Å². The zero-order chi connectivity index (χ0) is 49.1. The van der Waals surface area contributed by atoms with Gasteiger partial charge in [0, 0.05) is 61.2 Å². The van der Waals surface area contributed by atoms with Crippen molar-refractivity contribution < 1.29 is 0 Å². The Balaban J connectivity index is 1.12. The van der Waals surface area contributed by atoms with Crippen LogP contribution in [-0.4, -0.2) is 24.1 Å². The Bertz CT molecular complexity index is 3610. The van der Waals surface area contributed by atoms with Crippen LogP contribution < -0.4 is 9.80 Å². The summed E-state index contributed by atoms with van der Waals surface area (Å²) in [6.45, 7) is 13.6. The molecule has 0 unspecified atom stereocenters. The second-order valence-corrected chi connectivity index (χ2v) is 20.7. The number of nitrogens with zero attached hydrogens (tertiary/aromatic N) is 7. The van der Waals surface area contributed by atoms with Gasteiger partial charge in [-0.05, 0) is 131 Å². The minimum Gasteiger partial charge on any atom is -0.310 e. The molecule has 0 aliphatic heterocycles. The van der Waals surface area contributed by atoms with E-state index in [-0.39, 0.29) is 10.8 Å². The average Bonchev–Trinajstić information content (AvgIpc) is 3.91. The molecule has 0 saturated carbocycles. The van der Waals surface area contributed by atoms with Crippen LogP contribution in [0.15, 0.2) is 224 Å². The fourth-order valence-corrected chi connectivity index (χ4v) is 10.1. The van der Waals surface area contributed by atoms with E-state index >= 15 is 0 Å². The van der Waals surface area contributed by atoms with Crippen molar-refractivity contribution in [1.82, 2.24) is 24.1 Å². The van der Waals surface area contributed by atoms with E-state index in [9.17, 15) is 0 Å². The van der Waals surface area contributed by atoms with E-state index < -0.39 is 0 Å². The molecule has 3 aromatic heterocycles. The molecule has 0 saturated heterocycles. The van der Waals surface area contributed by atoms with Crippen LogP contribution in [-0.2, 0) is 10.8 Å². The lowest BCUT2D eigenvalue weighted by molar-refractivity contribution is 0.591. The highest BCUT2D eigenvalue weighted by molar-refractivity contribution is 6.12. The molecule has 72 heavy (non-hydrogen) atoms. The lowest BCUT2D eigenvalue weighted by atomic mass is 9.86. The number of fused-ring (bicyclic) bond motifs is 6. The number of para-hydroxylation sites is 4. The molecule has 12 aromatic rings. The quantitative estimate of drug-likeness (QED) is 0.144. The second kappa shape index (κ2) is 17.5. The van der Waals surface area contributed by atoms with Gasteiger partial charge in [-0.15, -0.1) is 0 Å². The minimum atomic E-state index is -0.0797. The second-order valence-electron chi connectivity index (χ2n) is 20.7. The van der Waals surface area contributed by atoms with Crippen molar-refractivity contribution in [3.8, 4) is 23.3 Å². The van der Waals surface area contributed by atoms with E-state index in [1.54, 1.807) is 0 Å². The van der Waals surface area contributed by atoms with Crippen LogP contribution in [0.3, 0.4) is 0 Å². The van der Waals surface area contributed by atoms with Crippen LogP contribution in [0.25, 0.3) is 66.9 Å².